The lowest BCUT2D eigenvalue weighted by molar-refractivity contribution is 0.00313. The second-order valence-corrected chi connectivity index (χ2v) is 10.3. The molecule has 5 nitrogen and oxygen atoms in total. The summed E-state index contributed by atoms with van der Waals surface area (Å²) in [6, 6.07) is 8.37. The Kier molecular flexibility index (Phi) is 6.70. The van der Waals surface area contributed by atoms with Gasteiger partial charge < -0.3 is 20.7 Å². The highest BCUT2D eigenvalue weighted by atomic mass is 16.5. The van der Waals surface area contributed by atoms with Crippen molar-refractivity contribution in [1.29, 1.82) is 0 Å². The minimum atomic E-state index is -0.253. The molecular formula is C23H39N3O2. The first-order valence-electron chi connectivity index (χ1n) is 10.4. The molecule has 0 spiro atoms. The molecule has 0 radical (unpaired) electrons. The van der Waals surface area contributed by atoms with Crippen LogP contribution in [0.3, 0.4) is 0 Å². The molecule has 1 saturated heterocycles. The molecule has 1 heterocycles. The van der Waals surface area contributed by atoms with Crippen LogP contribution in [0.5, 0.6) is 5.75 Å². The number of piperidine rings is 1. The maximum Gasteiger partial charge on any atom is 0.318 e. The van der Waals surface area contributed by atoms with E-state index in [2.05, 4.69) is 65.9 Å². The SMILES string of the molecule is CC(C)(C)c1ccc(OCCCNC(=O)N2C(C)(C)CC(N)CC2(C)C)cc1. The maximum absolute atomic E-state index is 12.8. The Balaban J connectivity index is 1.79. The van der Waals surface area contributed by atoms with Gasteiger partial charge in [0.2, 0.25) is 0 Å². The zero-order valence-electron chi connectivity index (χ0n) is 18.8. The van der Waals surface area contributed by atoms with Crippen LogP contribution in [0.4, 0.5) is 4.79 Å². The Morgan fingerprint density at radius 1 is 1.14 bits per heavy atom. The largest absolute Gasteiger partial charge is 0.494 e. The Hall–Kier alpha value is -1.75. The molecular weight excluding hydrogens is 350 g/mol. The summed E-state index contributed by atoms with van der Waals surface area (Å²) in [6.45, 7) is 16.1. The lowest BCUT2D eigenvalue weighted by atomic mass is 9.77. The van der Waals surface area contributed by atoms with Crippen molar-refractivity contribution in [3.05, 3.63) is 29.8 Å². The van der Waals surface area contributed by atoms with Crippen molar-refractivity contribution in [3.63, 3.8) is 0 Å². The number of ether oxygens (including phenoxy) is 1. The number of amides is 2. The summed E-state index contributed by atoms with van der Waals surface area (Å²) in [5, 5.41) is 3.06. The van der Waals surface area contributed by atoms with E-state index in [0.717, 1.165) is 25.0 Å². The fourth-order valence-corrected chi connectivity index (χ4v) is 4.49. The summed E-state index contributed by atoms with van der Waals surface area (Å²) < 4.78 is 5.82. The molecule has 2 amide bonds. The molecule has 3 N–H and O–H groups in total. The lowest BCUT2D eigenvalue weighted by Gasteiger charge is -2.54. The van der Waals surface area contributed by atoms with Gasteiger partial charge in [-0.3, -0.25) is 0 Å². The lowest BCUT2D eigenvalue weighted by Crippen LogP contribution is -2.67. The molecule has 0 atom stereocenters. The van der Waals surface area contributed by atoms with Gasteiger partial charge >= 0.3 is 6.03 Å². The number of carbonyl (C=O) groups excluding carboxylic acids is 1. The predicted octanol–water partition coefficient (Wildman–Crippen LogP) is 4.44. The van der Waals surface area contributed by atoms with Gasteiger partial charge in [0.15, 0.2) is 0 Å². The Morgan fingerprint density at radius 3 is 2.18 bits per heavy atom. The van der Waals surface area contributed by atoms with E-state index in [1.54, 1.807) is 0 Å². The average Bonchev–Trinajstić information content (AvgIpc) is 2.51. The normalized spacial score (nSPS) is 19.4. The molecule has 28 heavy (non-hydrogen) atoms. The van der Waals surface area contributed by atoms with E-state index in [4.69, 9.17) is 10.5 Å². The van der Waals surface area contributed by atoms with Crippen molar-refractivity contribution < 1.29 is 9.53 Å². The van der Waals surface area contributed by atoms with Crippen molar-refractivity contribution in [2.75, 3.05) is 13.2 Å². The van der Waals surface area contributed by atoms with E-state index in [1.807, 2.05) is 17.0 Å². The zero-order valence-corrected chi connectivity index (χ0v) is 18.8. The van der Waals surface area contributed by atoms with Crippen LogP contribution >= 0.6 is 0 Å². The monoisotopic (exact) mass is 389 g/mol. The maximum atomic E-state index is 12.8. The van der Waals surface area contributed by atoms with E-state index in [0.29, 0.717) is 13.2 Å². The molecule has 0 unspecified atom stereocenters. The zero-order chi connectivity index (χ0) is 21.2. The molecule has 0 saturated carbocycles. The van der Waals surface area contributed by atoms with Gasteiger partial charge in [-0.05, 0) is 70.1 Å². The fourth-order valence-electron chi connectivity index (χ4n) is 4.49. The minimum Gasteiger partial charge on any atom is -0.494 e. The van der Waals surface area contributed by atoms with Crippen LogP contribution in [0.1, 0.15) is 73.3 Å². The molecule has 1 aromatic carbocycles. The highest BCUT2D eigenvalue weighted by molar-refractivity contribution is 5.76. The van der Waals surface area contributed by atoms with Crippen LogP contribution in [0, 0.1) is 0 Å². The highest BCUT2D eigenvalue weighted by Crippen LogP contribution is 2.37. The molecule has 2 rings (SSSR count). The number of nitrogens with zero attached hydrogens (tertiary/aromatic N) is 1. The number of hydrogen-bond acceptors (Lipinski definition) is 3. The molecule has 1 aliphatic rings. The van der Waals surface area contributed by atoms with Gasteiger partial charge in [-0.15, -0.1) is 0 Å². The van der Waals surface area contributed by atoms with Crippen molar-refractivity contribution >= 4 is 6.03 Å². The van der Waals surface area contributed by atoms with Gasteiger partial charge in [-0.25, -0.2) is 4.79 Å². The topological polar surface area (TPSA) is 67.6 Å². The third-order valence-corrected chi connectivity index (χ3v) is 5.52. The molecule has 158 valence electrons. The first kappa shape index (κ1) is 22.5. The van der Waals surface area contributed by atoms with Gasteiger partial charge in [0.1, 0.15) is 5.75 Å². The molecule has 1 aliphatic heterocycles. The smallest absolute Gasteiger partial charge is 0.318 e. The summed E-state index contributed by atoms with van der Waals surface area (Å²) in [5.74, 6) is 0.867. The van der Waals surface area contributed by atoms with Crippen LogP contribution < -0.4 is 15.8 Å². The number of rotatable bonds is 5. The quantitative estimate of drug-likeness (QED) is 0.732. The van der Waals surface area contributed by atoms with E-state index in [1.165, 1.54) is 5.56 Å². The average molecular weight is 390 g/mol. The third-order valence-electron chi connectivity index (χ3n) is 5.52. The number of carbonyl (C=O) groups is 1. The van der Waals surface area contributed by atoms with Gasteiger partial charge in [-0.1, -0.05) is 32.9 Å². The Bertz CT molecular complexity index is 641. The number of nitrogens with one attached hydrogen (secondary N) is 1. The van der Waals surface area contributed by atoms with Crippen molar-refractivity contribution in [2.45, 2.75) is 90.3 Å². The fraction of sp³-hybridized carbons (Fsp3) is 0.696. The van der Waals surface area contributed by atoms with Gasteiger partial charge in [0.25, 0.3) is 0 Å². The van der Waals surface area contributed by atoms with Gasteiger partial charge in [-0.2, -0.15) is 0 Å². The van der Waals surface area contributed by atoms with Gasteiger partial charge in [0, 0.05) is 23.7 Å². The van der Waals surface area contributed by atoms with E-state index < -0.39 is 0 Å². The van der Waals surface area contributed by atoms with Gasteiger partial charge in [0.05, 0.1) is 6.61 Å². The number of benzene rings is 1. The van der Waals surface area contributed by atoms with E-state index in [9.17, 15) is 4.79 Å². The summed E-state index contributed by atoms with van der Waals surface area (Å²) in [5.41, 5.74) is 7.13. The molecule has 0 aliphatic carbocycles. The van der Waals surface area contributed by atoms with Crippen LogP contribution in [-0.4, -0.2) is 41.2 Å². The standard InChI is InChI=1S/C23H39N3O2/c1-21(2,3)17-9-11-19(12-10-17)28-14-8-13-25-20(27)26-22(4,5)15-18(24)16-23(26,6)7/h9-12,18H,8,13-16,24H2,1-7H3,(H,25,27). The Labute approximate surface area is 171 Å². The van der Waals surface area contributed by atoms with Crippen LogP contribution in [0.15, 0.2) is 24.3 Å². The van der Waals surface area contributed by atoms with Crippen molar-refractivity contribution in [2.24, 2.45) is 5.73 Å². The van der Waals surface area contributed by atoms with E-state index in [-0.39, 0.29) is 28.6 Å². The second kappa shape index (κ2) is 8.32. The Morgan fingerprint density at radius 2 is 1.68 bits per heavy atom. The number of likely N-dealkylation sites (tertiary alicyclic amines) is 1. The van der Waals surface area contributed by atoms with Crippen LogP contribution in [0.25, 0.3) is 0 Å². The highest BCUT2D eigenvalue weighted by Gasteiger charge is 2.46. The van der Waals surface area contributed by atoms with Crippen molar-refractivity contribution in [3.8, 4) is 5.75 Å². The number of urea groups is 1. The van der Waals surface area contributed by atoms with Crippen molar-refractivity contribution in [1.82, 2.24) is 10.2 Å². The predicted molar refractivity (Wildman–Crippen MR) is 116 cm³/mol. The first-order chi connectivity index (χ1) is 12.8. The first-order valence-corrected chi connectivity index (χ1v) is 10.4. The minimum absolute atomic E-state index is 0.0172. The second-order valence-electron chi connectivity index (χ2n) is 10.3. The molecule has 0 bridgehead atoms. The van der Waals surface area contributed by atoms with E-state index >= 15 is 0 Å². The molecule has 1 fully saturated rings. The summed E-state index contributed by atoms with van der Waals surface area (Å²) in [7, 11) is 0. The summed E-state index contributed by atoms with van der Waals surface area (Å²) in [6.07, 6.45) is 2.40. The molecule has 1 aromatic rings. The van der Waals surface area contributed by atoms with Crippen LogP contribution in [-0.2, 0) is 5.41 Å². The third kappa shape index (κ3) is 5.63. The number of nitrogens with two attached hydrogens (primary N) is 1. The summed E-state index contributed by atoms with van der Waals surface area (Å²) >= 11 is 0. The molecule has 5 heteroatoms. The molecule has 0 aromatic heterocycles. The number of hydrogen-bond donors (Lipinski definition) is 2. The van der Waals surface area contributed by atoms with Crippen LogP contribution in [0.2, 0.25) is 0 Å². The summed E-state index contributed by atoms with van der Waals surface area (Å²) in [4.78, 5) is 14.8.